The van der Waals surface area contributed by atoms with E-state index in [4.69, 9.17) is 0 Å². The molecule has 0 aliphatic rings. The topological polar surface area (TPSA) is 12.9 Å². The number of hydrogen-bond donors (Lipinski definition) is 1. The first-order valence-corrected chi connectivity index (χ1v) is 3.17. The van der Waals surface area contributed by atoms with Crippen LogP contribution in [0, 0.1) is 0 Å². The summed E-state index contributed by atoms with van der Waals surface area (Å²) in [6, 6.07) is 2.65. The fourth-order valence-corrected chi connectivity index (χ4v) is 0.886. The maximum atomic E-state index is 11.9. The Kier molecular flexibility index (Phi) is 4.61. The van der Waals surface area contributed by atoms with Crippen LogP contribution in [-0.2, 0) is 6.18 Å². The van der Waals surface area contributed by atoms with Gasteiger partial charge in [0.1, 0.15) is 0 Å². The minimum absolute atomic E-state index is 0. The van der Waals surface area contributed by atoms with E-state index in [0.717, 1.165) is 6.20 Å². The SMILES string of the molecule is FC(F)(F)c1ncccc1S.[H-].[Na+]. The molecule has 0 aliphatic heterocycles. The molecule has 1 aromatic heterocycles. The van der Waals surface area contributed by atoms with Crippen LogP contribution in [0.15, 0.2) is 23.2 Å². The predicted octanol–water partition coefficient (Wildman–Crippen LogP) is -0.494. The van der Waals surface area contributed by atoms with Crippen LogP contribution >= 0.6 is 12.6 Å². The fraction of sp³-hybridized carbons (Fsp3) is 0.167. The van der Waals surface area contributed by atoms with E-state index in [1.807, 2.05) is 0 Å². The van der Waals surface area contributed by atoms with Gasteiger partial charge >= 0.3 is 35.7 Å². The molecule has 0 saturated carbocycles. The van der Waals surface area contributed by atoms with E-state index in [9.17, 15) is 13.2 Å². The second-order valence-corrected chi connectivity index (χ2v) is 2.35. The number of aromatic nitrogens is 1. The summed E-state index contributed by atoms with van der Waals surface area (Å²) in [5.41, 5.74) is -0.941. The van der Waals surface area contributed by atoms with Crippen molar-refractivity contribution in [2.24, 2.45) is 0 Å². The molecule has 12 heavy (non-hydrogen) atoms. The van der Waals surface area contributed by atoms with Gasteiger partial charge in [-0.3, -0.25) is 4.98 Å². The first-order chi connectivity index (χ1) is 5.02. The second-order valence-electron chi connectivity index (χ2n) is 1.87. The summed E-state index contributed by atoms with van der Waals surface area (Å²) in [4.78, 5) is 3.00. The van der Waals surface area contributed by atoms with Crippen LogP contribution < -0.4 is 29.6 Å². The summed E-state index contributed by atoms with van der Waals surface area (Å²) in [7, 11) is 0. The smallest absolute Gasteiger partial charge is 1.00 e. The predicted molar refractivity (Wildman–Crippen MR) is 37.6 cm³/mol. The Bertz CT molecular complexity index is 268. The molecule has 0 unspecified atom stereocenters. The van der Waals surface area contributed by atoms with E-state index in [1.54, 1.807) is 0 Å². The summed E-state index contributed by atoms with van der Waals surface area (Å²) in [6.45, 7) is 0. The zero-order chi connectivity index (χ0) is 8.48. The van der Waals surface area contributed by atoms with E-state index in [-0.39, 0.29) is 35.9 Å². The molecule has 0 bridgehead atoms. The maximum absolute atomic E-state index is 11.9. The van der Waals surface area contributed by atoms with Gasteiger partial charge in [0.25, 0.3) is 0 Å². The molecule has 1 heterocycles. The van der Waals surface area contributed by atoms with Crippen LogP contribution in [0.25, 0.3) is 0 Å². The Morgan fingerprint density at radius 1 is 1.42 bits per heavy atom. The minimum Gasteiger partial charge on any atom is -1.00 e. The molecule has 1 aromatic rings. The Hall–Kier alpha value is 0.290. The van der Waals surface area contributed by atoms with E-state index < -0.39 is 11.9 Å². The van der Waals surface area contributed by atoms with Crippen LogP contribution in [0.1, 0.15) is 7.12 Å². The first kappa shape index (κ1) is 12.3. The van der Waals surface area contributed by atoms with Crippen molar-refractivity contribution in [3.05, 3.63) is 24.0 Å². The van der Waals surface area contributed by atoms with Crippen molar-refractivity contribution in [1.82, 2.24) is 4.98 Å². The zero-order valence-electron chi connectivity index (χ0n) is 7.26. The van der Waals surface area contributed by atoms with Gasteiger partial charge in [-0.1, -0.05) is 0 Å². The summed E-state index contributed by atoms with van der Waals surface area (Å²) < 4.78 is 35.8. The minimum atomic E-state index is -4.40. The summed E-state index contributed by atoms with van der Waals surface area (Å²) >= 11 is 3.61. The quantitative estimate of drug-likeness (QED) is 0.443. The van der Waals surface area contributed by atoms with E-state index in [0.29, 0.717) is 0 Å². The third-order valence-corrected chi connectivity index (χ3v) is 1.42. The van der Waals surface area contributed by atoms with Crippen molar-refractivity contribution in [1.29, 1.82) is 0 Å². The third kappa shape index (κ3) is 2.97. The Labute approximate surface area is 96.6 Å². The van der Waals surface area contributed by atoms with Crippen molar-refractivity contribution in [3.8, 4) is 0 Å². The van der Waals surface area contributed by atoms with Gasteiger partial charge in [-0.25, -0.2) is 0 Å². The zero-order valence-corrected chi connectivity index (χ0v) is 9.15. The van der Waals surface area contributed by atoms with Gasteiger partial charge < -0.3 is 1.43 Å². The molecule has 0 aromatic carbocycles. The molecule has 0 fully saturated rings. The van der Waals surface area contributed by atoms with Crippen LogP contribution in [-0.4, -0.2) is 4.98 Å². The molecule has 0 spiro atoms. The van der Waals surface area contributed by atoms with Crippen molar-refractivity contribution in [3.63, 3.8) is 0 Å². The molecule has 0 aliphatic carbocycles. The van der Waals surface area contributed by atoms with Gasteiger partial charge in [0.2, 0.25) is 0 Å². The first-order valence-electron chi connectivity index (χ1n) is 2.73. The number of nitrogens with zero attached hydrogens (tertiary/aromatic N) is 1. The van der Waals surface area contributed by atoms with Crippen LogP contribution in [0.5, 0.6) is 0 Å². The van der Waals surface area contributed by atoms with Crippen molar-refractivity contribution < 1.29 is 44.2 Å². The molecule has 0 radical (unpaired) electrons. The number of hydrogen-bond acceptors (Lipinski definition) is 2. The Balaban J connectivity index is 0. The Morgan fingerprint density at radius 2 is 2.00 bits per heavy atom. The molecule has 62 valence electrons. The molecular formula is C6H5F3NNaS. The van der Waals surface area contributed by atoms with Gasteiger partial charge in [-0.05, 0) is 12.1 Å². The molecule has 6 heteroatoms. The van der Waals surface area contributed by atoms with Crippen LogP contribution in [0.4, 0.5) is 13.2 Å². The maximum Gasteiger partial charge on any atom is 1.00 e. The summed E-state index contributed by atoms with van der Waals surface area (Å²) in [5.74, 6) is 0. The number of alkyl halides is 3. The second kappa shape index (κ2) is 4.50. The van der Waals surface area contributed by atoms with Gasteiger partial charge in [0.05, 0.1) is 0 Å². The molecule has 0 atom stereocenters. The van der Waals surface area contributed by atoms with E-state index >= 15 is 0 Å². The molecule has 1 rings (SSSR count). The fourth-order valence-electron chi connectivity index (χ4n) is 0.615. The molecular weight excluding hydrogens is 198 g/mol. The largest absolute Gasteiger partial charge is 1.00 e. The molecule has 1 nitrogen and oxygen atoms in total. The number of thiol groups is 1. The standard InChI is InChI=1S/C6H4F3NS.Na.H/c7-6(8,9)5-4(11)2-1-3-10-5;;/h1-3,11H;;/q;+1;-1. The van der Waals surface area contributed by atoms with Gasteiger partial charge in [0, 0.05) is 11.1 Å². The van der Waals surface area contributed by atoms with Crippen molar-refractivity contribution in [2.45, 2.75) is 11.1 Å². The van der Waals surface area contributed by atoms with E-state index in [1.165, 1.54) is 12.1 Å². The number of halogens is 3. The summed E-state index contributed by atoms with van der Waals surface area (Å²) in [5, 5.41) is 0. The van der Waals surface area contributed by atoms with Gasteiger partial charge in [-0.15, -0.1) is 12.6 Å². The molecule has 0 saturated heterocycles. The van der Waals surface area contributed by atoms with Crippen molar-refractivity contribution in [2.75, 3.05) is 0 Å². The number of pyridine rings is 1. The van der Waals surface area contributed by atoms with E-state index in [2.05, 4.69) is 17.6 Å². The normalized spacial score (nSPS) is 10.7. The Morgan fingerprint density at radius 3 is 2.33 bits per heavy atom. The molecule has 0 amide bonds. The number of rotatable bonds is 0. The summed E-state index contributed by atoms with van der Waals surface area (Å²) in [6.07, 6.45) is -3.32. The van der Waals surface area contributed by atoms with Crippen molar-refractivity contribution >= 4 is 12.6 Å². The third-order valence-electron chi connectivity index (χ3n) is 1.05. The average Bonchev–Trinajstić information content (AvgIpc) is 1.86. The van der Waals surface area contributed by atoms with Gasteiger partial charge in [0.15, 0.2) is 5.69 Å². The van der Waals surface area contributed by atoms with Crippen LogP contribution in [0.3, 0.4) is 0 Å². The molecule has 0 N–H and O–H groups in total. The van der Waals surface area contributed by atoms with Crippen LogP contribution in [0.2, 0.25) is 0 Å². The average molecular weight is 203 g/mol. The van der Waals surface area contributed by atoms with Gasteiger partial charge in [-0.2, -0.15) is 13.2 Å². The monoisotopic (exact) mass is 203 g/mol.